The number of hydrogen-bond donors (Lipinski definition) is 3. The van der Waals surface area contributed by atoms with Crippen LogP contribution in [0.4, 0.5) is 20.2 Å². The number of carbonyl (C=O) groups is 3. The summed E-state index contributed by atoms with van der Waals surface area (Å²) in [6.45, 7) is -0.173. The number of ether oxygens (including phenoxy) is 1. The van der Waals surface area contributed by atoms with Crippen LogP contribution in [0.2, 0.25) is 10.0 Å². The number of piperidine rings is 1. The second kappa shape index (κ2) is 17.1. The van der Waals surface area contributed by atoms with E-state index < -0.39 is 30.4 Å². The molecule has 1 saturated heterocycles. The van der Waals surface area contributed by atoms with Crippen molar-refractivity contribution in [2.24, 2.45) is 0 Å². The molecule has 4 aromatic rings. The molecule has 2 aliphatic heterocycles. The number of anilines is 2. The van der Waals surface area contributed by atoms with Crippen molar-refractivity contribution in [1.29, 1.82) is 0 Å². The van der Waals surface area contributed by atoms with Gasteiger partial charge in [0.2, 0.25) is 0 Å². The molecule has 2 amide bonds. The van der Waals surface area contributed by atoms with Gasteiger partial charge < -0.3 is 20.5 Å². The van der Waals surface area contributed by atoms with Crippen LogP contribution >= 0.6 is 23.2 Å². The van der Waals surface area contributed by atoms with Crippen molar-refractivity contribution in [3.63, 3.8) is 0 Å². The summed E-state index contributed by atoms with van der Waals surface area (Å²) in [5.41, 5.74) is 6.04. The van der Waals surface area contributed by atoms with E-state index in [1.807, 2.05) is 15.9 Å². The molecule has 1 unspecified atom stereocenters. The second-order valence-corrected chi connectivity index (χ2v) is 14.9. The average Bonchev–Trinajstić information content (AvgIpc) is 4.02. The van der Waals surface area contributed by atoms with E-state index in [-0.39, 0.29) is 28.0 Å². The van der Waals surface area contributed by atoms with Crippen LogP contribution in [0.1, 0.15) is 81.3 Å². The minimum Gasteiger partial charge on any atom is -0.480 e. The Morgan fingerprint density at radius 1 is 0.873 bits per heavy atom. The highest BCUT2D eigenvalue weighted by Gasteiger charge is 2.32. The molecule has 3 N–H and O–H groups in total. The molecule has 3 aliphatic rings. The number of nitrogens with zero attached hydrogens (tertiary/aromatic N) is 4. The van der Waals surface area contributed by atoms with Crippen LogP contribution in [0.5, 0.6) is 0 Å². The van der Waals surface area contributed by atoms with Gasteiger partial charge in [-0.3, -0.25) is 34.2 Å². The predicted molar refractivity (Wildman–Crippen MR) is 205 cm³/mol. The molecule has 2 aromatic carbocycles. The number of carboxylic acids is 1. The molecular weight excluding hydrogens is 753 g/mol. The van der Waals surface area contributed by atoms with Gasteiger partial charge in [-0.15, -0.1) is 0 Å². The number of aromatic nitrogens is 2. The van der Waals surface area contributed by atoms with E-state index in [1.165, 1.54) is 0 Å². The maximum Gasteiger partial charge on any atom is 0.345 e. The molecule has 0 bridgehead atoms. The Hall–Kier alpha value is -4.53. The maximum absolute atomic E-state index is 13.6. The van der Waals surface area contributed by atoms with Crippen LogP contribution in [0.3, 0.4) is 0 Å². The normalized spacial score (nSPS) is 17.5. The number of hydrogen-bond acceptors (Lipinski definition) is 8. The smallest absolute Gasteiger partial charge is 0.345 e. The zero-order valence-electron chi connectivity index (χ0n) is 29.9. The Kier molecular flexibility index (Phi) is 12.0. The number of carboxylic acid groups (broad SMARTS) is 1. The van der Waals surface area contributed by atoms with Crippen LogP contribution in [-0.4, -0.2) is 81.6 Å². The van der Waals surface area contributed by atoms with Gasteiger partial charge in [-0.05, 0) is 91.1 Å². The lowest BCUT2D eigenvalue weighted by Gasteiger charge is -2.33. The van der Waals surface area contributed by atoms with Gasteiger partial charge in [-0.25, -0.2) is 0 Å². The third-order valence-corrected chi connectivity index (χ3v) is 11.2. The standard InChI is InChI=1S/C40H40Cl2F2N6O5/c41-35-27(5-3-7-30(35)47-37(51)32-17-24-12-14-49(15-16-55-40(43)44)21-25(24)19-45-32)28-6-4-8-31(36(28)42)48-38(52)33-18-29(23-10-11-23)26(20-46-33)22-50-13-2-1-9-34(50)39(53)54/h3-8,17-20,23,34,40H,1-2,9-16,21-22H2,(H,47,51)(H,48,52)(H,53,54). The highest BCUT2D eigenvalue weighted by molar-refractivity contribution is 6.40. The summed E-state index contributed by atoms with van der Waals surface area (Å²) in [6.07, 6.45) is 8.41. The number of likely N-dealkylation sites (tertiary alicyclic amines) is 1. The summed E-state index contributed by atoms with van der Waals surface area (Å²) in [6, 6.07) is 13.4. The van der Waals surface area contributed by atoms with Gasteiger partial charge in [0.25, 0.3) is 11.8 Å². The Morgan fingerprint density at radius 2 is 1.53 bits per heavy atom. The van der Waals surface area contributed by atoms with Crippen molar-refractivity contribution in [3.8, 4) is 11.1 Å². The fourth-order valence-corrected chi connectivity index (χ4v) is 7.89. The van der Waals surface area contributed by atoms with Crippen molar-refractivity contribution < 1.29 is 33.0 Å². The molecule has 1 saturated carbocycles. The Labute approximate surface area is 327 Å². The Morgan fingerprint density at radius 3 is 2.16 bits per heavy atom. The summed E-state index contributed by atoms with van der Waals surface area (Å²) in [5, 5.41) is 16.0. The lowest BCUT2D eigenvalue weighted by molar-refractivity contribution is -0.144. The molecule has 288 valence electrons. The number of pyridine rings is 2. The van der Waals surface area contributed by atoms with Crippen LogP contribution < -0.4 is 10.6 Å². The quantitative estimate of drug-likeness (QED) is 0.124. The minimum absolute atomic E-state index is 0.0722. The number of benzene rings is 2. The number of alkyl halides is 2. The van der Waals surface area contributed by atoms with Gasteiger partial charge >= 0.3 is 12.6 Å². The van der Waals surface area contributed by atoms with Gasteiger partial charge in [-0.1, -0.05) is 53.9 Å². The fourth-order valence-electron chi connectivity index (χ4n) is 7.34. The van der Waals surface area contributed by atoms with E-state index in [1.54, 1.807) is 54.9 Å². The lowest BCUT2D eigenvalue weighted by Crippen LogP contribution is -2.44. The molecule has 15 heteroatoms. The van der Waals surface area contributed by atoms with Gasteiger partial charge in [0.15, 0.2) is 0 Å². The largest absolute Gasteiger partial charge is 0.480 e. The molecule has 0 radical (unpaired) electrons. The Balaban J connectivity index is 1.04. The minimum atomic E-state index is -2.80. The van der Waals surface area contributed by atoms with Gasteiger partial charge in [0.05, 0.1) is 28.0 Å². The van der Waals surface area contributed by atoms with E-state index in [0.29, 0.717) is 74.0 Å². The zero-order chi connectivity index (χ0) is 38.6. The monoisotopic (exact) mass is 792 g/mol. The first kappa shape index (κ1) is 38.7. The number of rotatable bonds is 13. The van der Waals surface area contributed by atoms with E-state index in [9.17, 15) is 28.3 Å². The SMILES string of the molecule is O=C(Nc1cccc(-c2cccc(NC(=O)c3cc(C4CC4)c(CN4CCCCC4C(=O)O)cn3)c2Cl)c1Cl)c1cc2c(cn1)CN(CCOC(F)F)CC2. The number of nitrogens with one attached hydrogen (secondary N) is 2. The second-order valence-electron chi connectivity index (χ2n) is 14.1. The molecule has 2 aromatic heterocycles. The summed E-state index contributed by atoms with van der Waals surface area (Å²) in [5.74, 6) is -1.40. The summed E-state index contributed by atoms with van der Waals surface area (Å²) < 4.78 is 29.1. The number of amides is 2. The van der Waals surface area contributed by atoms with Crippen molar-refractivity contribution in [2.45, 2.75) is 70.2 Å². The number of halogens is 4. The summed E-state index contributed by atoms with van der Waals surface area (Å²) in [7, 11) is 0. The third kappa shape index (κ3) is 9.13. The van der Waals surface area contributed by atoms with Crippen molar-refractivity contribution in [1.82, 2.24) is 19.8 Å². The highest BCUT2D eigenvalue weighted by Crippen LogP contribution is 2.43. The molecule has 1 aliphatic carbocycles. The van der Waals surface area contributed by atoms with Gasteiger partial charge in [0, 0.05) is 49.7 Å². The zero-order valence-corrected chi connectivity index (χ0v) is 31.4. The maximum atomic E-state index is 13.6. The lowest BCUT2D eigenvalue weighted by atomic mass is 9.99. The third-order valence-electron chi connectivity index (χ3n) is 10.4. The topological polar surface area (TPSA) is 137 Å². The number of aliphatic carboxylic acids is 1. The van der Waals surface area contributed by atoms with E-state index in [0.717, 1.165) is 47.9 Å². The molecular formula is C40H40Cl2F2N6O5. The molecule has 7 rings (SSSR count). The number of fused-ring (bicyclic) bond motifs is 1. The molecule has 55 heavy (non-hydrogen) atoms. The number of carbonyl (C=O) groups excluding carboxylic acids is 2. The molecule has 4 heterocycles. The molecule has 0 spiro atoms. The van der Waals surface area contributed by atoms with Crippen molar-refractivity contribution >= 4 is 52.4 Å². The van der Waals surface area contributed by atoms with E-state index in [2.05, 4.69) is 25.3 Å². The molecule has 2 fully saturated rings. The molecule has 11 nitrogen and oxygen atoms in total. The average molecular weight is 794 g/mol. The van der Waals surface area contributed by atoms with Crippen LogP contribution in [0.15, 0.2) is 60.9 Å². The van der Waals surface area contributed by atoms with Gasteiger partial charge in [-0.2, -0.15) is 8.78 Å². The first-order chi connectivity index (χ1) is 26.5. The first-order valence-electron chi connectivity index (χ1n) is 18.3. The van der Waals surface area contributed by atoms with Crippen molar-refractivity contribution in [2.75, 3.05) is 36.9 Å². The fraction of sp³-hybridized carbons (Fsp3) is 0.375. The van der Waals surface area contributed by atoms with Crippen LogP contribution in [0, 0.1) is 0 Å². The van der Waals surface area contributed by atoms with E-state index in [4.69, 9.17) is 23.2 Å². The molecule has 1 atom stereocenters. The highest BCUT2D eigenvalue weighted by atomic mass is 35.5. The summed E-state index contributed by atoms with van der Waals surface area (Å²) >= 11 is 13.8. The van der Waals surface area contributed by atoms with Crippen molar-refractivity contribution in [3.05, 3.63) is 105 Å². The first-order valence-corrected chi connectivity index (χ1v) is 19.1. The van der Waals surface area contributed by atoms with Gasteiger partial charge in [0.1, 0.15) is 17.4 Å². The summed E-state index contributed by atoms with van der Waals surface area (Å²) in [4.78, 5) is 51.6. The Bertz CT molecular complexity index is 2100. The predicted octanol–water partition coefficient (Wildman–Crippen LogP) is 7.87. The van der Waals surface area contributed by atoms with E-state index >= 15 is 0 Å². The van der Waals surface area contributed by atoms with Crippen LogP contribution in [-0.2, 0) is 29.0 Å². The van der Waals surface area contributed by atoms with Crippen LogP contribution in [0.25, 0.3) is 11.1 Å².